The summed E-state index contributed by atoms with van der Waals surface area (Å²) in [4.78, 5) is 13.7. The van der Waals surface area contributed by atoms with Gasteiger partial charge in [0.05, 0.1) is 5.69 Å². The highest BCUT2D eigenvalue weighted by Crippen LogP contribution is 2.31. The molecule has 2 rings (SSSR count). The van der Waals surface area contributed by atoms with Crippen molar-refractivity contribution >= 4 is 39.0 Å². The minimum Gasteiger partial charge on any atom is -0.369 e. The number of piperidine rings is 1. The van der Waals surface area contributed by atoms with E-state index in [0.29, 0.717) is 12.2 Å². The SMILES string of the molecule is CC1CN(c2cc(Cl)ccc2Br)CCC1=O. The molecule has 1 aliphatic rings. The fourth-order valence-corrected chi connectivity index (χ4v) is 2.63. The van der Waals surface area contributed by atoms with Crippen molar-refractivity contribution in [1.29, 1.82) is 0 Å². The molecule has 0 amide bonds. The lowest BCUT2D eigenvalue weighted by Gasteiger charge is -2.32. The second-order valence-corrected chi connectivity index (χ2v) is 5.45. The Morgan fingerprint density at radius 3 is 2.94 bits per heavy atom. The Bertz CT molecular complexity index is 421. The second-order valence-electron chi connectivity index (χ2n) is 4.16. The molecule has 0 N–H and O–H groups in total. The Hall–Kier alpha value is -0.540. The van der Waals surface area contributed by atoms with Crippen molar-refractivity contribution in [2.75, 3.05) is 18.0 Å². The average Bonchev–Trinajstić information content (AvgIpc) is 2.26. The van der Waals surface area contributed by atoms with Crippen molar-refractivity contribution in [3.05, 3.63) is 27.7 Å². The van der Waals surface area contributed by atoms with Gasteiger partial charge in [-0.2, -0.15) is 0 Å². The molecule has 1 saturated heterocycles. The molecular weight excluding hydrogens is 289 g/mol. The highest BCUT2D eigenvalue weighted by molar-refractivity contribution is 9.10. The van der Waals surface area contributed by atoms with Gasteiger partial charge in [-0.1, -0.05) is 18.5 Å². The van der Waals surface area contributed by atoms with Gasteiger partial charge in [0, 0.05) is 34.9 Å². The van der Waals surface area contributed by atoms with Crippen LogP contribution in [0.5, 0.6) is 0 Å². The zero-order chi connectivity index (χ0) is 11.7. The van der Waals surface area contributed by atoms with Crippen molar-refractivity contribution < 1.29 is 4.79 Å². The molecule has 1 aromatic carbocycles. The summed E-state index contributed by atoms with van der Waals surface area (Å²) in [6.45, 7) is 3.53. The number of benzene rings is 1. The quantitative estimate of drug-likeness (QED) is 0.791. The predicted octanol–water partition coefficient (Wildman–Crippen LogP) is 3.52. The Labute approximate surface area is 109 Å². The van der Waals surface area contributed by atoms with Crippen LogP contribution in [-0.2, 0) is 4.79 Å². The van der Waals surface area contributed by atoms with Crippen LogP contribution in [0.2, 0.25) is 5.02 Å². The molecule has 0 spiro atoms. The maximum Gasteiger partial charge on any atom is 0.139 e. The van der Waals surface area contributed by atoms with Gasteiger partial charge >= 0.3 is 0 Å². The molecule has 1 fully saturated rings. The molecule has 2 nitrogen and oxygen atoms in total. The van der Waals surface area contributed by atoms with Crippen LogP contribution in [0.25, 0.3) is 0 Å². The molecular formula is C12H13BrClNO. The molecule has 1 unspecified atom stereocenters. The van der Waals surface area contributed by atoms with Crippen LogP contribution in [0, 0.1) is 5.92 Å². The zero-order valence-electron chi connectivity index (χ0n) is 9.04. The number of anilines is 1. The molecule has 0 saturated carbocycles. The van der Waals surface area contributed by atoms with Crippen molar-refractivity contribution in [3.8, 4) is 0 Å². The molecule has 0 bridgehead atoms. The molecule has 1 aliphatic heterocycles. The van der Waals surface area contributed by atoms with Crippen LogP contribution in [-0.4, -0.2) is 18.9 Å². The fraction of sp³-hybridized carbons (Fsp3) is 0.417. The van der Waals surface area contributed by atoms with E-state index in [9.17, 15) is 4.79 Å². The van der Waals surface area contributed by atoms with Crippen molar-refractivity contribution in [2.24, 2.45) is 5.92 Å². The topological polar surface area (TPSA) is 20.3 Å². The van der Waals surface area contributed by atoms with E-state index in [-0.39, 0.29) is 5.92 Å². The van der Waals surface area contributed by atoms with E-state index in [0.717, 1.165) is 28.3 Å². The number of ketones is 1. The standard InChI is InChI=1S/C12H13BrClNO/c1-8-7-15(5-4-12(8)16)11-6-9(14)2-3-10(11)13/h2-3,6,8H,4-5,7H2,1H3. The molecule has 86 valence electrons. The summed E-state index contributed by atoms with van der Waals surface area (Å²) in [6.07, 6.45) is 0.625. The van der Waals surface area contributed by atoms with Crippen LogP contribution >= 0.6 is 27.5 Å². The van der Waals surface area contributed by atoms with E-state index in [4.69, 9.17) is 11.6 Å². The maximum absolute atomic E-state index is 11.5. The van der Waals surface area contributed by atoms with E-state index in [1.807, 2.05) is 25.1 Å². The van der Waals surface area contributed by atoms with Crippen molar-refractivity contribution in [2.45, 2.75) is 13.3 Å². The Balaban J connectivity index is 2.24. The molecule has 0 aromatic heterocycles. The van der Waals surface area contributed by atoms with Gasteiger partial charge in [0.2, 0.25) is 0 Å². The van der Waals surface area contributed by atoms with E-state index >= 15 is 0 Å². The largest absolute Gasteiger partial charge is 0.369 e. The summed E-state index contributed by atoms with van der Waals surface area (Å²) in [5, 5.41) is 0.725. The second kappa shape index (κ2) is 4.76. The summed E-state index contributed by atoms with van der Waals surface area (Å²) < 4.78 is 1.03. The Kier molecular flexibility index (Phi) is 3.55. The lowest BCUT2D eigenvalue weighted by molar-refractivity contribution is -0.122. The summed E-state index contributed by atoms with van der Waals surface area (Å²) >= 11 is 9.50. The van der Waals surface area contributed by atoms with Gasteiger partial charge in [-0.25, -0.2) is 0 Å². The Morgan fingerprint density at radius 1 is 1.50 bits per heavy atom. The van der Waals surface area contributed by atoms with E-state index < -0.39 is 0 Å². The lowest BCUT2D eigenvalue weighted by atomic mass is 9.98. The summed E-state index contributed by atoms with van der Waals surface area (Å²) in [6, 6.07) is 5.74. The first-order valence-corrected chi connectivity index (χ1v) is 6.47. The summed E-state index contributed by atoms with van der Waals surface area (Å²) in [5.74, 6) is 0.467. The predicted molar refractivity (Wildman–Crippen MR) is 70.2 cm³/mol. The van der Waals surface area contributed by atoms with Gasteiger partial charge in [0.15, 0.2) is 0 Å². The smallest absolute Gasteiger partial charge is 0.139 e. The summed E-state index contributed by atoms with van der Waals surface area (Å²) in [7, 11) is 0. The normalized spacial score (nSPS) is 21.3. The number of carbonyl (C=O) groups excluding carboxylic acids is 1. The van der Waals surface area contributed by atoms with Crippen LogP contribution in [0.3, 0.4) is 0 Å². The molecule has 16 heavy (non-hydrogen) atoms. The summed E-state index contributed by atoms with van der Waals surface area (Å²) in [5.41, 5.74) is 1.08. The third-order valence-corrected chi connectivity index (χ3v) is 3.83. The maximum atomic E-state index is 11.5. The number of nitrogens with zero attached hydrogens (tertiary/aromatic N) is 1. The molecule has 1 aromatic rings. The molecule has 0 aliphatic carbocycles. The number of rotatable bonds is 1. The number of carbonyl (C=O) groups is 1. The molecule has 0 radical (unpaired) electrons. The minimum absolute atomic E-state index is 0.111. The third-order valence-electron chi connectivity index (χ3n) is 2.92. The van der Waals surface area contributed by atoms with Gasteiger partial charge in [0.1, 0.15) is 5.78 Å². The Morgan fingerprint density at radius 2 is 2.25 bits per heavy atom. The third kappa shape index (κ3) is 2.41. The lowest BCUT2D eigenvalue weighted by Crippen LogP contribution is -2.39. The van der Waals surface area contributed by atoms with Gasteiger partial charge in [-0.05, 0) is 34.1 Å². The van der Waals surface area contributed by atoms with E-state index in [1.165, 1.54) is 0 Å². The first kappa shape index (κ1) is 11.9. The number of hydrogen-bond donors (Lipinski definition) is 0. The highest BCUT2D eigenvalue weighted by Gasteiger charge is 2.24. The van der Waals surface area contributed by atoms with E-state index in [1.54, 1.807) is 0 Å². The van der Waals surface area contributed by atoms with Crippen molar-refractivity contribution in [1.82, 2.24) is 0 Å². The van der Waals surface area contributed by atoms with Crippen LogP contribution < -0.4 is 4.90 Å². The van der Waals surface area contributed by atoms with Gasteiger partial charge < -0.3 is 4.90 Å². The first-order chi connectivity index (χ1) is 7.58. The van der Waals surface area contributed by atoms with Gasteiger partial charge in [-0.3, -0.25) is 4.79 Å². The van der Waals surface area contributed by atoms with Crippen LogP contribution in [0.4, 0.5) is 5.69 Å². The zero-order valence-corrected chi connectivity index (χ0v) is 11.4. The molecule has 1 atom stereocenters. The monoisotopic (exact) mass is 301 g/mol. The van der Waals surface area contributed by atoms with Crippen LogP contribution in [0.1, 0.15) is 13.3 Å². The fourth-order valence-electron chi connectivity index (χ4n) is 1.96. The molecule has 1 heterocycles. The van der Waals surface area contributed by atoms with Gasteiger partial charge in [-0.15, -0.1) is 0 Å². The van der Waals surface area contributed by atoms with Gasteiger partial charge in [0.25, 0.3) is 0 Å². The van der Waals surface area contributed by atoms with Crippen LogP contribution in [0.15, 0.2) is 22.7 Å². The number of hydrogen-bond acceptors (Lipinski definition) is 2. The minimum atomic E-state index is 0.111. The van der Waals surface area contributed by atoms with Crippen molar-refractivity contribution in [3.63, 3.8) is 0 Å². The average molecular weight is 303 g/mol. The molecule has 4 heteroatoms. The highest BCUT2D eigenvalue weighted by atomic mass is 79.9. The number of halogens is 2. The van der Waals surface area contributed by atoms with E-state index in [2.05, 4.69) is 20.8 Å². The first-order valence-electron chi connectivity index (χ1n) is 5.30. The number of Topliss-reactive ketones (excluding diaryl/α,β-unsaturated/α-hetero) is 1.